The van der Waals surface area contributed by atoms with Crippen LogP contribution >= 0.6 is 0 Å². The lowest BCUT2D eigenvalue weighted by Crippen LogP contribution is -2.23. The van der Waals surface area contributed by atoms with Crippen LogP contribution in [-0.2, 0) is 6.54 Å². The van der Waals surface area contributed by atoms with Gasteiger partial charge in [0.05, 0.1) is 11.1 Å². The Labute approximate surface area is 114 Å². The number of pyridine rings is 1. The SMILES string of the molecule is O=C(O)c1ccc(CNC(=O)c2ccc(=O)[nH]c2)cc1. The van der Waals surface area contributed by atoms with Gasteiger partial charge in [0.2, 0.25) is 5.56 Å². The van der Waals surface area contributed by atoms with Crippen molar-refractivity contribution in [1.82, 2.24) is 10.3 Å². The number of carbonyl (C=O) groups excluding carboxylic acids is 1. The minimum Gasteiger partial charge on any atom is -0.478 e. The van der Waals surface area contributed by atoms with Crippen LogP contribution in [0.1, 0.15) is 26.3 Å². The fourth-order valence-corrected chi connectivity index (χ4v) is 1.60. The molecule has 0 fully saturated rings. The maximum Gasteiger partial charge on any atom is 0.335 e. The highest BCUT2D eigenvalue weighted by Gasteiger charge is 2.06. The van der Waals surface area contributed by atoms with Crippen LogP contribution in [0.15, 0.2) is 47.4 Å². The highest BCUT2D eigenvalue weighted by molar-refractivity contribution is 5.93. The Hall–Kier alpha value is -2.89. The smallest absolute Gasteiger partial charge is 0.335 e. The Morgan fingerprint density at radius 1 is 1.05 bits per heavy atom. The van der Waals surface area contributed by atoms with Gasteiger partial charge < -0.3 is 15.4 Å². The van der Waals surface area contributed by atoms with Crippen LogP contribution in [0.4, 0.5) is 0 Å². The maximum absolute atomic E-state index is 11.8. The molecule has 1 aromatic heterocycles. The summed E-state index contributed by atoms with van der Waals surface area (Å²) in [4.78, 5) is 35.8. The molecule has 1 aromatic carbocycles. The van der Waals surface area contributed by atoms with E-state index in [1.54, 1.807) is 12.1 Å². The molecule has 0 aliphatic carbocycles. The number of aromatic carboxylic acids is 1. The zero-order valence-corrected chi connectivity index (χ0v) is 10.4. The van der Waals surface area contributed by atoms with E-state index in [9.17, 15) is 14.4 Å². The van der Waals surface area contributed by atoms with Crippen LogP contribution in [0.5, 0.6) is 0 Å². The van der Waals surface area contributed by atoms with E-state index in [0.717, 1.165) is 5.56 Å². The molecule has 0 unspecified atom stereocenters. The molecule has 0 spiro atoms. The monoisotopic (exact) mass is 272 g/mol. The molecule has 0 saturated carbocycles. The minimum absolute atomic E-state index is 0.195. The Morgan fingerprint density at radius 3 is 2.25 bits per heavy atom. The Morgan fingerprint density at radius 2 is 1.70 bits per heavy atom. The molecule has 0 aliphatic rings. The first-order valence-electron chi connectivity index (χ1n) is 5.85. The van der Waals surface area contributed by atoms with Crippen molar-refractivity contribution in [1.29, 1.82) is 0 Å². The number of carboxylic acid groups (broad SMARTS) is 1. The van der Waals surface area contributed by atoms with E-state index in [-0.39, 0.29) is 23.6 Å². The zero-order chi connectivity index (χ0) is 14.5. The lowest BCUT2D eigenvalue weighted by atomic mass is 10.1. The molecule has 2 aromatic rings. The zero-order valence-electron chi connectivity index (χ0n) is 10.4. The molecular formula is C14H12N2O4. The van der Waals surface area contributed by atoms with Gasteiger partial charge in [0.1, 0.15) is 0 Å². The summed E-state index contributed by atoms with van der Waals surface area (Å²) in [7, 11) is 0. The molecular weight excluding hydrogens is 260 g/mol. The van der Waals surface area contributed by atoms with Gasteiger partial charge in [-0.3, -0.25) is 9.59 Å². The third-order valence-corrected chi connectivity index (χ3v) is 2.70. The van der Waals surface area contributed by atoms with E-state index in [1.807, 2.05) is 0 Å². The van der Waals surface area contributed by atoms with Gasteiger partial charge in [0.15, 0.2) is 0 Å². The summed E-state index contributed by atoms with van der Waals surface area (Å²) in [5.41, 5.74) is 1.06. The number of hydrogen-bond donors (Lipinski definition) is 3. The van der Waals surface area contributed by atoms with Crippen molar-refractivity contribution in [3.05, 3.63) is 69.6 Å². The van der Waals surface area contributed by atoms with Gasteiger partial charge in [-0.2, -0.15) is 0 Å². The third-order valence-electron chi connectivity index (χ3n) is 2.70. The van der Waals surface area contributed by atoms with Gasteiger partial charge in [-0.25, -0.2) is 4.79 Å². The van der Waals surface area contributed by atoms with Crippen LogP contribution in [-0.4, -0.2) is 22.0 Å². The van der Waals surface area contributed by atoms with Gasteiger partial charge in [-0.05, 0) is 23.8 Å². The second kappa shape index (κ2) is 5.83. The average Bonchev–Trinajstić information content (AvgIpc) is 2.46. The first-order valence-corrected chi connectivity index (χ1v) is 5.85. The van der Waals surface area contributed by atoms with Crippen molar-refractivity contribution in [2.75, 3.05) is 0 Å². The first kappa shape index (κ1) is 13.5. The van der Waals surface area contributed by atoms with Crippen LogP contribution in [0, 0.1) is 0 Å². The highest BCUT2D eigenvalue weighted by Crippen LogP contribution is 2.04. The van der Waals surface area contributed by atoms with Crippen molar-refractivity contribution in [2.24, 2.45) is 0 Å². The summed E-state index contributed by atoms with van der Waals surface area (Å²) in [5, 5.41) is 11.4. The molecule has 20 heavy (non-hydrogen) atoms. The Kier molecular flexibility index (Phi) is 3.95. The van der Waals surface area contributed by atoms with Crippen molar-refractivity contribution in [3.8, 4) is 0 Å². The number of carboxylic acids is 1. The molecule has 3 N–H and O–H groups in total. The number of H-pyrrole nitrogens is 1. The van der Waals surface area contributed by atoms with Crippen molar-refractivity contribution < 1.29 is 14.7 Å². The standard InChI is InChI=1S/C14H12N2O4/c17-12-6-5-11(8-15-12)13(18)16-7-9-1-3-10(4-2-9)14(19)20/h1-6,8H,7H2,(H,15,17)(H,16,18)(H,19,20). The van der Waals surface area contributed by atoms with Crippen LogP contribution in [0.25, 0.3) is 0 Å². The summed E-state index contributed by atoms with van der Waals surface area (Å²) >= 11 is 0. The van der Waals surface area contributed by atoms with E-state index in [1.165, 1.54) is 30.5 Å². The number of benzene rings is 1. The maximum atomic E-state index is 11.8. The van der Waals surface area contributed by atoms with Gasteiger partial charge in [-0.15, -0.1) is 0 Å². The lowest BCUT2D eigenvalue weighted by Gasteiger charge is -2.05. The van der Waals surface area contributed by atoms with Gasteiger partial charge >= 0.3 is 5.97 Å². The number of nitrogens with one attached hydrogen (secondary N) is 2. The van der Waals surface area contributed by atoms with Crippen LogP contribution < -0.4 is 10.9 Å². The van der Waals surface area contributed by atoms with E-state index in [2.05, 4.69) is 10.3 Å². The molecule has 0 saturated heterocycles. The van der Waals surface area contributed by atoms with E-state index in [0.29, 0.717) is 5.56 Å². The minimum atomic E-state index is -0.992. The Bertz CT molecular complexity index is 669. The number of amides is 1. The van der Waals surface area contributed by atoms with E-state index >= 15 is 0 Å². The summed E-state index contributed by atoms with van der Waals surface area (Å²) in [6.45, 7) is 0.276. The molecule has 1 heterocycles. The molecule has 6 nitrogen and oxygen atoms in total. The largest absolute Gasteiger partial charge is 0.478 e. The predicted molar refractivity (Wildman–Crippen MR) is 71.6 cm³/mol. The number of carbonyl (C=O) groups is 2. The topological polar surface area (TPSA) is 99.3 Å². The normalized spacial score (nSPS) is 10.0. The fourth-order valence-electron chi connectivity index (χ4n) is 1.60. The van der Waals surface area contributed by atoms with Crippen molar-refractivity contribution >= 4 is 11.9 Å². The molecule has 1 amide bonds. The lowest BCUT2D eigenvalue weighted by molar-refractivity contribution is 0.0696. The predicted octanol–water partition coefficient (Wildman–Crippen LogP) is 1.00. The average molecular weight is 272 g/mol. The summed E-state index contributed by atoms with van der Waals surface area (Å²) in [6, 6.07) is 8.93. The molecule has 2 rings (SSSR count). The van der Waals surface area contributed by atoms with Crippen molar-refractivity contribution in [2.45, 2.75) is 6.54 Å². The summed E-state index contributed by atoms with van der Waals surface area (Å²) < 4.78 is 0. The van der Waals surface area contributed by atoms with Gasteiger partial charge in [-0.1, -0.05) is 12.1 Å². The molecule has 0 bridgehead atoms. The first-order chi connectivity index (χ1) is 9.56. The molecule has 0 atom stereocenters. The molecule has 102 valence electrons. The quantitative estimate of drug-likeness (QED) is 0.773. The number of aromatic amines is 1. The van der Waals surface area contributed by atoms with Crippen LogP contribution in [0.2, 0.25) is 0 Å². The highest BCUT2D eigenvalue weighted by atomic mass is 16.4. The molecule has 6 heteroatoms. The summed E-state index contributed by atoms with van der Waals surface area (Å²) in [5.74, 6) is -1.31. The van der Waals surface area contributed by atoms with Gasteiger partial charge in [0.25, 0.3) is 5.91 Å². The van der Waals surface area contributed by atoms with Gasteiger partial charge in [0, 0.05) is 18.8 Å². The van der Waals surface area contributed by atoms with E-state index in [4.69, 9.17) is 5.11 Å². The number of rotatable bonds is 4. The van der Waals surface area contributed by atoms with E-state index < -0.39 is 5.97 Å². The second-order valence-electron chi connectivity index (χ2n) is 4.13. The van der Waals surface area contributed by atoms with Crippen molar-refractivity contribution in [3.63, 3.8) is 0 Å². The number of aromatic nitrogens is 1. The van der Waals surface area contributed by atoms with Crippen LogP contribution in [0.3, 0.4) is 0 Å². The fraction of sp³-hybridized carbons (Fsp3) is 0.0714. The third kappa shape index (κ3) is 3.32. The number of hydrogen-bond acceptors (Lipinski definition) is 3. The second-order valence-corrected chi connectivity index (χ2v) is 4.13. The Balaban J connectivity index is 1.98. The molecule has 0 radical (unpaired) electrons. The summed E-state index contributed by atoms with van der Waals surface area (Å²) in [6.07, 6.45) is 1.34. The molecule has 0 aliphatic heterocycles.